The van der Waals surface area contributed by atoms with Crippen LogP contribution in [-0.2, 0) is 9.53 Å². The number of hydrogen-bond donors (Lipinski definition) is 0. The van der Waals surface area contributed by atoms with Crippen molar-refractivity contribution in [2.75, 3.05) is 0 Å². The minimum absolute atomic E-state index is 0.357. The molecular weight excluding hydrogens is 219 g/mol. The van der Waals surface area contributed by atoms with E-state index in [4.69, 9.17) is 4.74 Å². The summed E-state index contributed by atoms with van der Waals surface area (Å²) in [5.41, 5.74) is 0. The van der Waals surface area contributed by atoms with E-state index in [1.165, 1.54) is 32.6 Å². The summed E-state index contributed by atoms with van der Waals surface area (Å²) in [4.78, 5) is 10.9. The molecule has 1 rings (SSSR count). The minimum atomic E-state index is -0.974. The summed E-state index contributed by atoms with van der Waals surface area (Å²) in [6.07, 6.45) is 8.87. The van der Waals surface area contributed by atoms with Crippen molar-refractivity contribution in [2.45, 2.75) is 83.4 Å². The largest absolute Gasteiger partial charge is 0.459 e. The van der Waals surface area contributed by atoms with Gasteiger partial charge in [0.05, 0.1) is 0 Å². The first-order chi connectivity index (χ1) is 8.20. The highest BCUT2D eigenvalue weighted by molar-refractivity contribution is 5.66. The molecule has 2 nitrogen and oxygen atoms in total. The Morgan fingerprint density at radius 3 is 1.94 bits per heavy atom. The van der Waals surface area contributed by atoms with E-state index in [1.54, 1.807) is 0 Å². The van der Waals surface area contributed by atoms with Gasteiger partial charge in [0.25, 0.3) is 0 Å². The Morgan fingerprint density at radius 1 is 0.941 bits per heavy atom. The first kappa shape index (κ1) is 14.5. The zero-order chi connectivity index (χ0) is 12.5. The summed E-state index contributed by atoms with van der Waals surface area (Å²) in [7, 11) is 0. The second-order valence-corrected chi connectivity index (χ2v) is 5.07. The summed E-state index contributed by atoms with van der Waals surface area (Å²) >= 11 is 0. The fraction of sp³-hybridized carbons (Fsp3) is 0.929. The average molecular weight is 244 g/mol. The molecule has 0 heterocycles. The van der Waals surface area contributed by atoms with Crippen molar-refractivity contribution in [1.82, 2.24) is 0 Å². The van der Waals surface area contributed by atoms with Crippen LogP contribution >= 0.6 is 0 Å². The predicted molar refractivity (Wildman–Crippen MR) is 66.6 cm³/mol. The van der Waals surface area contributed by atoms with Crippen molar-refractivity contribution in [3.05, 3.63) is 0 Å². The van der Waals surface area contributed by atoms with Crippen LogP contribution in [0.1, 0.15) is 71.1 Å². The van der Waals surface area contributed by atoms with Crippen LogP contribution in [0.15, 0.2) is 0 Å². The minimum Gasteiger partial charge on any atom is -0.459 e. The maximum absolute atomic E-state index is 13.9. The molecule has 100 valence electrons. The lowest BCUT2D eigenvalue weighted by molar-refractivity contribution is -0.150. The summed E-state index contributed by atoms with van der Waals surface area (Å²) < 4.78 is 19.0. The highest BCUT2D eigenvalue weighted by Gasteiger charge is 2.23. The molecule has 3 heteroatoms. The van der Waals surface area contributed by atoms with Crippen molar-refractivity contribution in [1.29, 1.82) is 0 Å². The molecule has 0 radical (unpaired) electrons. The number of alkyl halides is 1. The van der Waals surface area contributed by atoms with Crippen LogP contribution in [0.5, 0.6) is 0 Å². The molecule has 0 amide bonds. The van der Waals surface area contributed by atoms with E-state index in [0.717, 1.165) is 25.7 Å². The number of esters is 1. The normalized spacial score (nSPS) is 28.8. The molecule has 0 saturated heterocycles. The lowest BCUT2D eigenvalue weighted by Gasteiger charge is -2.21. The fourth-order valence-electron chi connectivity index (χ4n) is 2.46. The lowest BCUT2D eigenvalue weighted by Crippen LogP contribution is -2.27. The SMILES string of the molecule is CC(=O)O[C@@H]1CCCCCCCCCC[C@H]1F. The van der Waals surface area contributed by atoms with Gasteiger partial charge in [-0.3, -0.25) is 4.79 Å². The van der Waals surface area contributed by atoms with Gasteiger partial charge in [0.2, 0.25) is 0 Å². The van der Waals surface area contributed by atoms with Crippen LogP contribution < -0.4 is 0 Å². The summed E-state index contributed by atoms with van der Waals surface area (Å²) in [5, 5.41) is 0. The quantitative estimate of drug-likeness (QED) is 0.647. The maximum Gasteiger partial charge on any atom is 0.303 e. The van der Waals surface area contributed by atoms with Gasteiger partial charge in [-0.1, -0.05) is 44.9 Å². The van der Waals surface area contributed by atoms with Gasteiger partial charge in [-0.2, -0.15) is 0 Å². The highest BCUT2D eigenvalue weighted by atomic mass is 19.1. The Hall–Kier alpha value is -0.600. The molecule has 0 spiro atoms. The van der Waals surface area contributed by atoms with Crippen molar-refractivity contribution < 1.29 is 13.9 Å². The van der Waals surface area contributed by atoms with Crippen LogP contribution in [0.4, 0.5) is 4.39 Å². The fourth-order valence-corrected chi connectivity index (χ4v) is 2.46. The number of hydrogen-bond acceptors (Lipinski definition) is 2. The summed E-state index contributed by atoms with van der Waals surface area (Å²) in [6, 6.07) is 0. The smallest absolute Gasteiger partial charge is 0.303 e. The van der Waals surface area contributed by atoms with Gasteiger partial charge in [-0.05, 0) is 19.3 Å². The third kappa shape index (κ3) is 6.64. The van der Waals surface area contributed by atoms with E-state index in [1.807, 2.05) is 0 Å². The number of rotatable bonds is 1. The Morgan fingerprint density at radius 2 is 1.41 bits per heavy atom. The molecule has 0 aromatic heterocycles. The van der Waals surface area contributed by atoms with E-state index >= 15 is 0 Å². The molecular formula is C14H25FO2. The van der Waals surface area contributed by atoms with Crippen LogP contribution in [0.25, 0.3) is 0 Å². The topological polar surface area (TPSA) is 26.3 Å². The van der Waals surface area contributed by atoms with E-state index < -0.39 is 12.3 Å². The maximum atomic E-state index is 13.9. The summed E-state index contributed by atoms with van der Waals surface area (Å²) in [5.74, 6) is -0.357. The molecule has 0 aromatic carbocycles. The Balaban J connectivity index is 2.41. The average Bonchev–Trinajstić information content (AvgIpc) is 2.27. The van der Waals surface area contributed by atoms with Gasteiger partial charge in [-0.25, -0.2) is 4.39 Å². The first-order valence-corrected chi connectivity index (χ1v) is 7.01. The molecule has 0 N–H and O–H groups in total. The van der Waals surface area contributed by atoms with E-state index in [9.17, 15) is 9.18 Å². The van der Waals surface area contributed by atoms with E-state index in [-0.39, 0.29) is 5.97 Å². The molecule has 1 saturated carbocycles. The van der Waals surface area contributed by atoms with Crippen LogP contribution in [0, 0.1) is 0 Å². The molecule has 0 unspecified atom stereocenters. The molecule has 0 bridgehead atoms. The Labute approximate surface area is 104 Å². The third-order valence-electron chi connectivity index (χ3n) is 3.44. The molecule has 1 fully saturated rings. The van der Waals surface area contributed by atoms with Crippen molar-refractivity contribution in [3.8, 4) is 0 Å². The number of ether oxygens (including phenoxy) is 1. The molecule has 17 heavy (non-hydrogen) atoms. The Kier molecular flexibility index (Phi) is 7.22. The second-order valence-electron chi connectivity index (χ2n) is 5.07. The highest BCUT2D eigenvalue weighted by Crippen LogP contribution is 2.21. The predicted octanol–water partition coefficient (Wildman–Crippen LogP) is 4.17. The van der Waals surface area contributed by atoms with Gasteiger partial charge >= 0.3 is 5.97 Å². The van der Waals surface area contributed by atoms with Crippen LogP contribution in [-0.4, -0.2) is 18.2 Å². The van der Waals surface area contributed by atoms with Crippen LogP contribution in [0.2, 0.25) is 0 Å². The van der Waals surface area contributed by atoms with Crippen molar-refractivity contribution in [2.24, 2.45) is 0 Å². The van der Waals surface area contributed by atoms with Gasteiger partial charge in [0, 0.05) is 6.92 Å². The Bertz CT molecular complexity index is 218. The summed E-state index contributed by atoms with van der Waals surface area (Å²) in [6.45, 7) is 1.36. The zero-order valence-corrected chi connectivity index (χ0v) is 10.9. The molecule has 1 aliphatic carbocycles. The molecule has 1 aliphatic rings. The number of halogens is 1. The first-order valence-electron chi connectivity index (χ1n) is 7.01. The van der Waals surface area contributed by atoms with E-state index in [2.05, 4.69) is 0 Å². The second kappa shape index (κ2) is 8.48. The molecule has 0 aromatic rings. The van der Waals surface area contributed by atoms with Crippen molar-refractivity contribution >= 4 is 5.97 Å². The molecule has 2 atom stereocenters. The van der Waals surface area contributed by atoms with E-state index in [0.29, 0.717) is 12.8 Å². The van der Waals surface area contributed by atoms with Gasteiger partial charge in [0.15, 0.2) is 0 Å². The number of carbonyl (C=O) groups is 1. The third-order valence-corrected chi connectivity index (χ3v) is 3.44. The monoisotopic (exact) mass is 244 g/mol. The van der Waals surface area contributed by atoms with Gasteiger partial charge in [-0.15, -0.1) is 0 Å². The van der Waals surface area contributed by atoms with Gasteiger partial charge < -0.3 is 4.74 Å². The lowest BCUT2D eigenvalue weighted by atomic mass is 9.98. The zero-order valence-electron chi connectivity index (χ0n) is 10.9. The van der Waals surface area contributed by atoms with Crippen molar-refractivity contribution in [3.63, 3.8) is 0 Å². The molecule has 0 aliphatic heterocycles. The number of carbonyl (C=O) groups excluding carboxylic acids is 1. The standard InChI is InChI=1S/C14H25FO2/c1-12(16)17-14-11-9-7-5-3-2-4-6-8-10-13(14)15/h13-14H,2-11H2,1H3/t13-,14-/m1/s1. The van der Waals surface area contributed by atoms with Crippen LogP contribution in [0.3, 0.4) is 0 Å². The van der Waals surface area contributed by atoms with Gasteiger partial charge in [0.1, 0.15) is 12.3 Å².